The molecule has 0 radical (unpaired) electrons. The van der Waals surface area contributed by atoms with Crippen LogP contribution in [0.15, 0.2) is 42.5 Å². The fraction of sp³-hybridized carbons (Fsp3) is 0.357. The van der Waals surface area contributed by atoms with E-state index in [1.807, 2.05) is 36.4 Å². The van der Waals surface area contributed by atoms with E-state index in [1.165, 1.54) is 0 Å². The van der Waals surface area contributed by atoms with Crippen molar-refractivity contribution < 1.29 is 5.11 Å². The second-order valence-corrected chi connectivity index (χ2v) is 4.26. The topological polar surface area (TPSA) is 44.0 Å². The van der Waals surface area contributed by atoms with E-state index in [0.29, 0.717) is 6.42 Å². The maximum absolute atomic E-state index is 10.5. The average Bonchev–Trinajstić information content (AvgIpc) is 2.32. The summed E-state index contributed by atoms with van der Waals surface area (Å²) in [6, 6.07) is 11.7. The Kier molecular flexibility index (Phi) is 3.07. The quantitative estimate of drug-likeness (QED) is 0.768. The van der Waals surface area contributed by atoms with Crippen molar-refractivity contribution in [3.63, 3.8) is 0 Å². The molecule has 2 atom stereocenters. The van der Waals surface area contributed by atoms with Crippen molar-refractivity contribution in [2.24, 2.45) is 0 Å². The van der Waals surface area contributed by atoms with Crippen LogP contribution in [0.4, 0.5) is 0 Å². The first-order valence-corrected chi connectivity index (χ1v) is 5.61. The number of hydrogen-bond donors (Lipinski definition) is 1. The number of benzene rings is 1. The van der Waals surface area contributed by atoms with Gasteiger partial charge in [0.25, 0.3) is 0 Å². The minimum absolute atomic E-state index is 0.467. The van der Waals surface area contributed by atoms with Crippen molar-refractivity contribution in [1.82, 2.24) is 0 Å². The van der Waals surface area contributed by atoms with Gasteiger partial charge in [0.05, 0.1) is 6.07 Å². The number of aliphatic hydroxyl groups is 1. The molecule has 0 saturated carbocycles. The standard InChI is InChI=1S/C14H15NO/c15-11-13(12-7-3-1-4-8-12)14(16)9-5-2-6-10-14/h1,3-5,7-9,13,16H,2,6,10H2. The molecule has 2 unspecified atom stereocenters. The van der Waals surface area contributed by atoms with E-state index in [-0.39, 0.29) is 0 Å². The molecule has 0 aromatic heterocycles. The van der Waals surface area contributed by atoms with E-state index in [0.717, 1.165) is 18.4 Å². The van der Waals surface area contributed by atoms with E-state index >= 15 is 0 Å². The van der Waals surface area contributed by atoms with Crippen LogP contribution >= 0.6 is 0 Å². The minimum atomic E-state index is -0.992. The maximum atomic E-state index is 10.5. The third-order valence-electron chi connectivity index (χ3n) is 3.12. The van der Waals surface area contributed by atoms with Gasteiger partial charge in [-0.25, -0.2) is 0 Å². The van der Waals surface area contributed by atoms with Crippen molar-refractivity contribution in [3.8, 4) is 6.07 Å². The van der Waals surface area contributed by atoms with Gasteiger partial charge >= 0.3 is 0 Å². The van der Waals surface area contributed by atoms with Crippen molar-refractivity contribution >= 4 is 0 Å². The van der Waals surface area contributed by atoms with Crippen LogP contribution in [0.5, 0.6) is 0 Å². The Bertz CT molecular complexity index is 418. The summed E-state index contributed by atoms with van der Waals surface area (Å²) in [5, 5.41) is 19.7. The molecule has 2 nitrogen and oxygen atoms in total. The lowest BCUT2D eigenvalue weighted by molar-refractivity contribution is 0.0622. The van der Waals surface area contributed by atoms with E-state index in [4.69, 9.17) is 0 Å². The second kappa shape index (κ2) is 4.51. The van der Waals surface area contributed by atoms with E-state index in [9.17, 15) is 10.4 Å². The van der Waals surface area contributed by atoms with Crippen LogP contribution in [0.25, 0.3) is 0 Å². The summed E-state index contributed by atoms with van der Waals surface area (Å²) >= 11 is 0. The summed E-state index contributed by atoms with van der Waals surface area (Å²) in [5.74, 6) is -0.467. The first kappa shape index (κ1) is 10.9. The van der Waals surface area contributed by atoms with Crippen LogP contribution in [0, 0.1) is 11.3 Å². The van der Waals surface area contributed by atoms with Crippen LogP contribution in [-0.4, -0.2) is 10.7 Å². The third-order valence-corrected chi connectivity index (χ3v) is 3.12. The zero-order valence-electron chi connectivity index (χ0n) is 9.13. The Morgan fingerprint density at radius 3 is 2.62 bits per heavy atom. The van der Waals surface area contributed by atoms with Crippen LogP contribution in [0.2, 0.25) is 0 Å². The Morgan fingerprint density at radius 2 is 2.06 bits per heavy atom. The van der Waals surface area contributed by atoms with Crippen molar-refractivity contribution in [2.75, 3.05) is 0 Å². The second-order valence-electron chi connectivity index (χ2n) is 4.26. The molecular weight excluding hydrogens is 198 g/mol. The van der Waals surface area contributed by atoms with Gasteiger partial charge in [-0.15, -0.1) is 0 Å². The largest absolute Gasteiger partial charge is 0.384 e. The normalized spacial score (nSPS) is 26.0. The molecule has 1 N–H and O–H groups in total. The lowest BCUT2D eigenvalue weighted by atomic mass is 9.77. The van der Waals surface area contributed by atoms with Gasteiger partial charge in [0.15, 0.2) is 0 Å². The number of rotatable bonds is 2. The highest BCUT2D eigenvalue weighted by Crippen LogP contribution is 2.35. The van der Waals surface area contributed by atoms with Crippen molar-refractivity contribution in [2.45, 2.75) is 30.8 Å². The Hall–Kier alpha value is -1.59. The highest BCUT2D eigenvalue weighted by Gasteiger charge is 2.36. The van der Waals surface area contributed by atoms with Crippen LogP contribution in [-0.2, 0) is 0 Å². The molecule has 2 rings (SSSR count). The number of allylic oxidation sites excluding steroid dienone is 1. The molecule has 1 aromatic rings. The van der Waals surface area contributed by atoms with Gasteiger partial charge in [-0.05, 0) is 24.8 Å². The van der Waals surface area contributed by atoms with Crippen LogP contribution in [0.3, 0.4) is 0 Å². The lowest BCUT2D eigenvalue weighted by Gasteiger charge is -2.32. The van der Waals surface area contributed by atoms with Gasteiger partial charge in [-0.2, -0.15) is 5.26 Å². The molecule has 0 heterocycles. The van der Waals surface area contributed by atoms with E-state index in [1.54, 1.807) is 6.08 Å². The Morgan fingerprint density at radius 1 is 1.31 bits per heavy atom. The predicted octanol–water partition coefficient (Wildman–Crippen LogP) is 2.76. The fourth-order valence-electron chi connectivity index (χ4n) is 2.23. The minimum Gasteiger partial charge on any atom is -0.384 e. The molecule has 82 valence electrons. The molecule has 0 amide bonds. The van der Waals surface area contributed by atoms with E-state index in [2.05, 4.69) is 6.07 Å². The zero-order valence-corrected chi connectivity index (χ0v) is 9.13. The molecule has 1 aromatic carbocycles. The number of nitrogens with zero attached hydrogens (tertiary/aromatic N) is 1. The zero-order chi connectivity index (χ0) is 11.4. The highest BCUT2D eigenvalue weighted by atomic mass is 16.3. The molecule has 0 saturated heterocycles. The molecule has 0 aliphatic heterocycles. The smallest absolute Gasteiger partial charge is 0.104 e. The van der Waals surface area contributed by atoms with Gasteiger partial charge in [-0.3, -0.25) is 0 Å². The average molecular weight is 213 g/mol. The molecular formula is C14H15NO. The first-order valence-electron chi connectivity index (χ1n) is 5.61. The summed E-state index contributed by atoms with van der Waals surface area (Å²) in [5.41, 5.74) is -0.104. The Labute approximate surface area is 95.8 Å². The van der Waals surface area contributed by atoms with Crippen LogP contribution < -0.4 is 0 Å². The molecule has 0 bridgehead atoms. The molecule has 2 heteroatoms. The maximum Gasteiger partial charge on any atom is 0.104 e. The summed E-state index contributed by atoms with van der Waals surface area (Å²) < 4.78 is 0. The van der Waals surface area contributed by atoms with Gasteiger partial charge in [0.1, 0.15) is 11.5 Å². The SMILES string of the molecule is N#CC(c1ccccc1)C1(O)C=CCCC1. The molecule has 0 fully saturated rings. The predicted molar refractivity (Wildman–Crippen MR) is 62.7 cm³/mol. The molecule has 1 aliphatic rings. The first-order chi connectivity index (χ1) is 7.76. The van der Waals surface area contributed by atoms with Crippen molar-refractivity contribution in [1.29, 1.82) is 5.26 Å². The third kappa shape index (κ3) is 2.00. The van der Waals surface area contributed by atoms with E-state index < -0.39 is 11.5 Å². The van der Waals surface area contributed by atoms with Gasteiger partial charge in [0, 0.05) is 0 Å². The molecule has 1 aliphatic carbocycles. The lowest BCUT2D eigenvalue weighted by Crippen LogP contribution is -2.34. The van der Waals surface area contributed by atoms with Gasteiger partial charge < -0.3 is 5.11 Å². The highest BCUT2D eigenvalue weighted by molar-refractivity contribution is 5.32. The summed E-state index contributed by atoms with van der Waals surface area (Å²) in [6.45, 7) is 0. The summed E-state index contributed by atoms with van der Waals surface area (Å²) in [4.78, 5) is 0. The number of hydrogen-bond acceptors (Lipinski definition) is 2. The number of nitriles is 1. The van der Waals surface area contributed by atoms with Crippen LogP contribution in [0.1, 0.15) is 30.7 Å². The summed E-state index contributed by atoms with van der Waals surface area (Å²) in [7, 11) is 0. The van der Waals surface area contributed by atoms with Gasteiger partial charge in [0.2, 0.25) is 0 Å². The summed E-state index contributed by atoms with van der Waals surface area (Å²) in [6.07, 6.45) is 6.36. The van der Waals surface area contributed by atoms with Crippen molar-refractivity contribution in [3.05, 3.63) is 48.0 Å². The Balaban J connectivity index is 2.34. The van der Waals surface area contributed by atoms with Gasteiger partial charge in [-0.1, -0.05) is 42.5 Å². The fourth-order valence-corrected chi connectivity index (χ4v) is 2.23. The monoisotopic (exact) mass is 213 g/mol. The molecule has 0 spiro atoms. The molecule has 16 heavy (non-hydrogen) atoms.